The van der Waals surface area contributed by atoms with E-state index in [2.05, 4.69) is 35.9 Å². The maximum atomic E-state index is 11.5. The van der Waals surface area contributed by atoms with Crippen molar-refractivity contribution in [3.8, 4) is 16.9 Å². The molecule has 7 nitrogen and oxygen atoms in total. The van der Waals surface area contributed by atoms with Crippen LogP contribution in [0, 0.1) is 6.92 Å². The maximum Gasteiger partial charge on any atom is 0.317 e. The van der Waals surface area contributed by atoms with Crippen LogP contribution in [0.15, 0.2) is 48.7 Å². The Labute approximate surface area is 158 Å². The molecule has 0 aliphatic heterocycles. The molecule has 0 aliphatic rings. The van der Waals surface area contributed by atoms with Gasteiger partial charge in [-0.2, -0.15) is 5.10 Å². The molecule has 0 fully saturated rings. The lowest BCUT2D eigenvalue weighted by molar-refractivity contribution is 0.259. The van der Waals surface area contributed by atoms with Crippen molar-refractivity contribution in [2.45, 2.75) is 20.3 Å². The van der Waals surface area contributed by atoms with Crippen molar-refractivity contribution in [1.29, 1.82) is 0 Å². The highest BCUT2D eigenvalue weighted by Crippen LogP contribution is 2.31. The van der Waals surface area contributed by atoms with E-state index in [9.17, 15) is 4.79 Å². The first-order valence-corrected chi connectivity index (χ1v) is 8.83. The second-order valence-corrected chi connectivity index (χ2v) is 6.12. The number of nitrogens with one attached hydrogen (secondary N) is 2. The van der Waals surface area contributed by atoms with Gasteiger partial charge < -0.3 is 11.2 Å². The minimum Gasteiger partial charge on any atom is -0.351 e. The fourth-order valence-electron chi connectivity index (χ4n) is 2.96. The zero-order valence-corrected chi connectivity index (χ0v) is 15.7. The number of amides is 2. The molecule has 0 atom stereocenters. The summed E-state index contributed by atoms with van der Waals surface area (Å²) in [5.74, 6) is 0.562. The number of urea groups is 1. The molecule has 3 rings (SSSR count). The predicted octanol–water partition coefficient (Wildman–Crippen LogP) is 3.74. The number of para-hydroxylation sites is 1. The number of rotatable bonds is 6. The second kappa shape index (κ2) is 7.82. The highest BCUT2D eigenvalue weighted by molar-refractivity contribution is 5.89. The molecular weight excluding hydrogens is 340 g/mol. The second-order valence-electron chi connectivity index (χ2n) is 6.12. The lowest BCUT2D eigenvalue weighted by Crippen LogP contribution is -2.21. The summed E-state index contributed by atoms with van der Waals surface area (Å²) in [6.45, 7) is 4.02. The van der Waals surface area contributed by atoms with Gasteiger partial charge in [0.15, 0.2) is 0 Å². The van der Waals surface area contributed by atoms with E-state index in [0.29, 0.717) is 5.82 Å². The third-order valence-electron chi connectivity index (χ3n) is 4.25. The van der Waals surface area contributed by atoms with E-state index in [0.717, 1.165) is 34.6 Å². The third-order valence-corrected chi connectivity index (χ3v) is 4.25. The molecule has 0 saturated carbocycles. The van der Waals surface area contributed by atoms with E-state index >= 15 is 0 Å². The number of anilines is 1. The fraction of sp³-hybridized carbons (Fsp3) is 0.200. The van der Waals surface area contributed by atoms with Crippen molar-refractivity contribution in [3.05, 3.63) is 59.9 Å². The lowest BCUT2D eigenvalue weighted by atomic mass is 10.1. The summed E-state index contributed by atoms with van der Waals surface area (Å²) < 4.78 is 3.64. The molecule has 27 heavy (non-hydrogen) atoms. The molecule has 0 spiro atoms. The van der Waals surface area contributed by atoms with E-state index in [1.54, 1.807) is 4.68 Å². The van der Waals surface area contributed by atoms with Crippen molar-refractivity contribution in [2.75, 3.05) is 17.8 Å². The standard InChI is InChI=1S/C20H24N6O/c1-4-5-9-17-12-15(13-25(17)22-3)18-14(2)19(23-20(21)27)26(24-18)16-10-7-6-8-11-16/h5-13,22H,4H2,1-3H3,(H3,21,23,27)/b9-5+. The highest BCUT2D eigenvalue weighted by Gasteiger charge is 2.19. The van der Waals surface area contributed by atoms with Gasteiger partial charge in [0.2, 0.25) is 0 Å². The minimum atomic E-state index is -0.624. The van der Waals surface area contributed by atoms with E-state index < -0.39 is 6.03 Å². The Morgan fingerprint density at radius 1 is 1.30 bits per heavy atom. The number of allylic oxidation sites excluding steroid dienone is 1. The quantitative estimate of drug-likeness (QED) is 0.622. The van der Waals surface area contributed by atoms with Gasteiger partial charge in [-0.3, -0.25) is 9.99 Å². The van der Waals surface area contributed by atoms with Gasteiger partial charge in [0.1, 0.15) is 5.82 Å². The van der Waals surface area contributed by atoms with Crippen LogP contribution >= 0.6 is 0 Å². The van der Waals surface area contributed by atoms with Gasteiger partial charge in [0, 0.05) is 24.4 Å². The summed E-state index contributed by atoms with van der Waals surface area (Å²) in [6.07, 6.45) is 7.10. The summed E-state index contributed by atoms with van der Waals surface area (Å²) >= 11 is 0. The Morgan fingerprint density at radius 3 is 2.67 bits per heavy atom. The number of benzene rings is 1. The van der Waals surface area contributed by atoms with Crippen molar-refractivity contribution >= 4 is 17.9 Å². The lowest BCUT2D eigenvalue weighted by Gasteiger charge is -2.07. The minimum absolute atomic E-state index is 0.562. The topological polar surface area (TPSA) is 89.9 Å². The van der Waals surface area contributed by atoms with E-state index in [4.69, 9.17) is 10.8 Å². The van der Waals surface area contributed by atoms with Crippen LogP contribution in [0.3, 0.4) is 0 Å². The van der Waals surface area contributed by atoms with Crippen LogP contribution in [0.1, 0.15) is 24.6 Å². The first-order valence-electron chi connectivity index (χ1n) is 8.83. The van der Waals surface area contributed by atoms with E-state index in [1.165, 1.54) is 0 Å². The number of hydrogen-bond acceptors (Lipinski definition) is 3. The van der Waals surface area contributed by atoms with Crippen LogP contribution < -0.4 is 16.5 Å². The third kappa shape index (κ3) is 3.72. The average Bonchev–Trinajstić information content (AvgIpc) is 3.22. The first-order chi connectivity index (χ1) is 13.0. The Kier molecular flexibility index (Phi) is 5.30. The van der Waals surface area contributed by atoms with E-state index in [1.807, 2.05) is 55.2 Å². The largest absolute Gasteiger partial charge is 0.351 e. The van der Waals surface area contributed by atoms with Crippen LogP contribution in [0.5, 0.6) is 0 Å². The Hall–Kier alpha value is -3.48. The summed E-state index contributed by atoms with van der Waals surface area (Å²) in [4.78, 5) is 11.5. The Morgan fingerprint density at radius 2 is 2.04 bits per heavy atom. The van der Waals surface area contributed by atoms with Gasteiger partial charge in [-0.05, 0) is 37.6 Å². The zero-order chi connectivity index (χ0) is 19.4. The Bertz CT molecular complexity index is 968. The number of carbonyl (C=O) groups excluding carboxylic acids is 1. The van der Waals surface area contributed by atoms with Gasteiger partial charge in [-0.1, -0.05) is 31.2 Å². The highest BCUT2D eigenvalue weighted by atomic mass is 16.2. The molecule has 2 amide bonds. The SMILES string of the molecule is CC/C=C/c1cc(-c2nn(-c3ccccc3)c(NC(N)=O)c2C)cn1NC. The molecule has 0 radical (unpaired) electrons. The van der Waals surface area contributed by atoms with Crippen LogP contribution in [-0.2, 0) is 0 Å². The van der Waals surface area contributed by atoms with Crippen LogP contribution in [0.4, 0.5) is 10.6 Å². The number of nitrogens with two attached hydrogens (primary N) is 1. The van der Waals surface area contributed by atoms with Gasteiger partial charge in [-0.25, -0.2) is 9.48 Å². The number of carbonyl (C=O) groups is 1. The van der Waals surface area contributed by atoms with Crippen molar-refractivity contribution < 1.29 is 4.79 Å². The smallest absolute Gasteiger partial charge is 0.317 e. The molecule has 4 N–H and O–H groups in total. The Balaban J connectivity index is 2.14. The molecule has 0 bridgehead atoms. The molecule has 2 heterocycles. The monoisotopic (exact) mass is 364 g/mol. The van der Waals surface area contributed by atoms with Crippen LogP contribution in [0.2, 0.25) is 0 Å². The average molecular weight is 364 g/mol. The van der Waals surface area contributed by atoms with Crippen LogP contribution in [0.25, 0.3) is 23.0 Å². The van der Waals surface area contributed by atoms with E-state index in [-0.39, 0.29) is 0 Å². The van der Waals surface area contributed by atoms with Gasteiger partial charge in [0.05, 0.1) is 17.1 Å². The number of primary amides is 1. The van der Waals surface area contributed by atoms with Crippen molar-refractivity contribution in [1.82, 2.24) is 14.5 Å². The zero-order valence-electron chi connectivity index (χ0n) is 15.7. The van der Waals surface area contributed by atoms with Crippen molar-refractivity contribution in [3.63, 3.8) is 0 Å². The molecule has 0 saturated heterocycles. The van der Waals surface area contributed by atoms with Gasteiger partial charge in [0.25, 0.3) is 0 Å². The first kappa shape index (κ1) is 18.3. The summed E-state index contributed by atoms with van der Waals surface area (Å²) in [5, 5.41) is 7.46. The maximum absolute atomic E-state index is 11.5. The van der Waals surface area contributed by atoms with Gasteiger partial charge in [-0.15, -0.1) is 0 Å². The normalized spacial score (nSPS) is 11.1. The summed E-state index contributed by atoms with van der Waals surface area (Å²) in [7, 11) is 1.86. The molecule has 0 unspecified atom stereocenters. The molecule has 3 aromatic rings. The number of nitrogens with zero attached hydrogens (tertiary/aromatic N) is 3. The summed E-state index contributed by atoms with van der Waals surface area (Å²) in [6, 6.07) is 11.1. The van der Waals surface area contributed by atoms with Crippen LogP contribution in [-0.4, -0.2) is 27.5 Å². The molecule has 1 aromatic carbocycles. The molecular formula is C20H24N6O. The molecule has 7 heteroatoms. The summed E-state index contributed by atoms with van der Waals surface area (Å²) in [5.41, 5.74) is 13.0. The van der Waals surface area contributed by atoms with Gasteiger partial charge >= 0.3 is 6.03 Å². The predicted molar refractivity (Wildman–Crippen MR) is 110 cm³/mol. The fourth-order valence-corrected chi connectivity index (χ4v) is 2.96. The molecule has 140 valence electrons. The number of aromatic nitrogens is 3. The van der Waals surface area contributed by atoms with Crippen molar-refractivity contribution in [2.24, 2.45) is 5.73 Å². The molecule has 2 aromatic heterocycles. The molecule has 0 aliphatic carbocycles. The number of hydrogen-bond donors (Lipinski definition) is 3.